The van der Waals surface area contributed by atoms with Crippen LogP contribution in [0, 0.1) is 0 Å². The molecule has 0 aliphatic carbocycles. The van der Waals surface area contributed by atoms with Crippen LogP contribution in [0.4, 0.5) is 0 Å². The molecule has 1 N–H and O–H groups in total. The minimum Gasteiger partial charge on any atom is -0.481 e. The fourth-order valence-electron chi connectivity index (χ4n) is 6.36. The van der Waals surface area contributed by atoms with Gasteiger partial charge in [-0.2, -0.15) is 0 Å². The van der Waals surface area contributed by atoms with Gasteiger partial charge in [0.25, 0.3) is 0 Å². The first kappa shape index (κ1) is 42.9. The molecule has 4 heteroatoms. The molecule has 0 bridgehead atoms. The first-order valence-corrected chi connectivity index (χ1v) is 20.0. The molecule has 4 nitrogen and oxygen atoms in total. The molecule has 0 aromatic heterocycles. The fourth-order valence-corrected chi connectivity index (χ4v) is 6.36. The molecule has 0 rings (SSSR count). The van der Waals surface area contributed by atoms with Crippen LogP contribution in [-0.4, -0.2) is 23.1 Å². The van der Waals surface area contributed by atoms with Crippen molar-refractivity contribution in [3.8, 4) is 0 Å². The Morgan fingerprint density at radius 2 is 0.682 bits per heavy atom. The van der Waals surface area contributed by atoms with E-state index in [1.165, 1.54) is 161 Å². The Balaban J connectivity index is 3.74. The van der Waals surface area contributed by atoms with Crippen LogP contribution >= 0.6 is 0 Å². The van der Waals surface area contributed by atoms with Crippen LogP contribution in [0.1, 0.15) is 239 Å². The molecule has 1 atom stereocenters. The third-order valence-electron chi connectivity index (χ3n) is 9.33. The van der Waals surface area contributed by atoms with E-state index < -0.39 is 5.97 Å². The highest BCUT2D eigenvalue weighted by molar-refractivity contribution is 5.69. The summed E-state index contributed by atoms with van der Waals surface area (Å²) in [6, 6.07) is 0. The molecule has 0 spiro atoms. The van der Waals surface area contributed by atoms with Crippen molar-refractivity contribution in [3.05, 3.63) is 0 Å². The number of carbonyl (C=O) groups is 2. The van der Waals surface area contributed by atoms with E-state index in [0.29, 0.717) is 12.8 Å². The Hall–Kier alpha value is -1.06. The van der Waals surface area contributed by atoms with Crippen molar-refractivity contribution in [1.29, 1.82) is 0 Å². The maximum atomic E-state index is 12.6. The van der Waals surface area contributed by atoms with Gasteiger partial charge < -0.3 is 9.84 Å². The van der Waals surface area contributed by atoms with Crippen molar-refractivity contribution >= 4 is 11.9 Å². The topological polar surface area (TPSA) is 63.6 Å². The molecule has 0 fully saturated rings. The Bertz CT molecular complexity index is 590. The molecular formula is C40H78O4. The Labute approximate surface area is 275 Å². The SMILES string of the molecule is CCCCCCCCCCCCCCCCCCCCCC(=O)OC(CCCCCCC)CCCCCCCCCC(=O)O. The van der Waals surface area contributed by atoms with E-state index in [4.69, 9.17) is 9.84 Å². The van der Waals surface area contributed by atoms with Gasteiger partial charge in [-0.1, -0.05) is 187 Å². The molecule has 0 aromatic rings. The lowest BCUT2D eigenvalue weighted by Gasteiger charge is -2.18. The number of ether oxygens (including phenoxy) is 1. The lowest BCUT2D eigenvalue weighted by Crippen LogP contribution is -2.18. The Kier molecular flexibility index (Phi) is 35.5. The lowest BCUT2D eigenvalue weighted by molar-refractivity contribution is -0.150. The zero-order valence-corrected chi connectivity index (χ0v) is 30.0. The Morgan fingerprint density at radius 3 is 1.00 bits per heavy atom. The minimum absolute atomic E-state index is 0.0222. The van der Waals surface area contributed by atoms with E-state index in [1.54, 1.807) is 0 Å². The van der Waals surface area contributed by atoms with Gasteiger partial charge in [0.05, 0.1) is 0 Å². The molecule has 262 valence electrons. The molecule has 0 amide bonds. The van der Waals surface area contributed by atoms with E-state index in [9.17, 15) is 9.59 Å². The van der Waals surface area contributed by atoms with Gasteiger partial charge in [0.1, 0.15) is 6.10 Å². The van der Waals surface area contributed by atoms with E-state index in [0.717, 1.165) is 51.4 Å². The standard InChI is InChI=1S/C40H78O4/c1-3-5-7-9-10-11-12-13-14-15-16-17-18-19-20-21-25-29-33-37-40(43)44-38(34-30-26-8-6-4-2)35-31-27-23-22-24-28-32-36-39(41)42/h38H,3-37H2,1-2H3,(H,41,42). The van der Waals surface area contributed by atoms with Gasteiger partial charge in [-0.3, -0.25) is 9.59 Å². The molecule has 0 saturated carbocycles. The number of carbonyl (C=O) groups excluding carboxylic acids is 1. The summed E-state index contributed by atoms with van der Waals surface area (Å²) in [6.45, 7) is 4.54. The number of esters is 1. The van der Waals surface area contributed by atoms with Crippen LogP contribution in [0.2, 0.25) is 0 Å². The van der Waals surface area contributed by atoms with Gasteiger partial charge in [-0.05, 0) is 38.5 Å². The van der Waals surface area contributed by atoms with Crippen molar-refractivity contribution in [2.75, 3.05) is 0 Å². The Morgan fingerprint density at radius 1 is 0.409 bits per heavy atom. The summed E-state index contributed by atoms with van der Waals surface area (Å²) in [5, 5.41) is 8.73. The van der Waals surface area contributed by atoms with Gasteiger partial charge >= 0.3 is 11.9 Å². The zero-order chi connectivity index (χ0) is 32.2. The van der Waals surface area contributed by atoms with Gasteiger partial charge in [0.15, 0.2) is 0 Å². The second kappa shape index (κ2) is 36.4. The average molecular weight is 623 g/mol. The smallest absolute Gasteiger partial charge is 0.306 e. The van der Waals surface area contributed by atoms with Gasteiger partial charge in [-0.25, -0.2) is 0 Å². The predicted molar refractivity (Wildman–Crippen MR) is 190 cm³/mol. The summed E-state index contributed by atoms with van der Waals surface area (Å²) in [7, 11) is 0. The molecular weight excluding hydrogens is 544 g/mol. The van der Waals surface area contributed by atoms with Crippen LogP contribution in [0.3, 0.4) is 0 Å². The van der Waals surface area contributed by atoms with Crippen molar-refractivity contribution in [2.24, 2.45) is 0 Å². The van der Waals surface area contributed by atoms with Crippen LogP contribution < -0.4 is 0 Å². The summed E-state index contributed by atoms with van der Waals surface area (Å²) in [6.07, 6.45) is 42.9. The maximum absolute atomic E-state index is 12.6. The third-order valence-corrected chi connectivity index (χ3v) is 9.33. The van der Waals surface area contributed by atoms with Crippen molar-refractivity contribution in [2.45, 2.75) is 245 Å². The van der Waals surface area contributed by atoms with Crippen molar-refractivity contribution < 1.29 is 19.4 Å². The molecule has 0 aromatic carbocycles. The van der Waals surface area contributed by atoms with Crippen molar-refractivity contribution in [3.63, 3.8) is 0 Å². The van der Waals surface area contributed by atoms with E-state index in [2.05, 4.69) is 13.8 Å². The molecule has 0 aliphatic heterocycles. The summed E-state index contributed by atoms with van der Waals surface area (Å²) >= 11 is 0. The number of rotatable bonds is 37. The van der Waals surface area contributed by atoms with Crippen molar-refractivity contribution in [1.82, 2.24) is 0 Å². The predicted octanol–water partition coefficient (Wildman–Crippen LogP) is 13.7. The summed E-state index contributed by atoms with van der Waals surface area (Å²) in [5.41, 5.74) is 0. The van der Waals surface area contributed by atoms with Crippen LogP contribution in [0.15, 0.2) is 0 Å². The first-order chi connectivity index (χ1) is 21.6. The number of aliphatic carboxylic acids is 1. The molecule has 1 unspecified atom stereocenters. The van der Waals surface area contributed by atoms with Crippen LogP contribution in [0.25, 0.3) is 0 Å². The van der Waals surface area contributed by atoms with Crippen LogP contribution in [0.5, 0.6) is 0 Å². The first-order valence-electron chi connectivity index (χ1n) is 20.0. The second-order valence-corrected chi connectivity index (χ2v) is 13.8. The monoisotopic (exact) mass is 623 g/mol. The maximum Gasteiger partial charge on any atom is 0.306 e. The number of hydrogen-bond acceptors (Lipinski definition) is 3. The summed E-state index contributed by atoms with van der Waals surface area (Å²) in [4.78, 5) is 23.2. The number of carboxylic acids is 1. The molecule has 0 radical (unpaired) electrons. The van der Waals surface area contributed by atoms with Gasteiger partial charge in [0, 0.05) is 12.8 Å². The fraction of sp³-hybridized carbons (Fsp3) is 0.950. The second-order valence-electron chi connectivity index (χ2n) is 13.8. The summed E-state index contributed by atoms with van der Waals surface area (Å²) in [5.74, 6) is -0.662. The van der Waals surface area contributed by atoms with E-state index in [-0.39, 0.29) is 12.1 Å². The average Bonchev–Trinajstić information content (AvgIpc) is 3.00. The number of unbranched alkanes of at least 4 members (excludes halogenated alkanes) is 28. The number of carboxylic acid groups (broad SMARTS) is 1. The van der Waals surface area contributed by atoms with Gasteiger partial charge in [0.2, 0.25) is 0 Å². The highest BCUT2D eigenvalue weighted by Gasteiger charge is 2.14. The van der Waals surface area contributed by atoms with Gasteiger partial charge in [-0.15, -0.1) is 0 Å². The zero-order valence-electron chi connectivity index (χ0n) is 30.0. The molecule has 0 heterocycles. The molecule has 0 saturated heterocycles. The largest absolute Gasteiger partial charge is 0.481 e. The molecule has 0 aliphatic rings. The van der Waals surface area contributed by atoms with Crippen LogP contribution in [-0.2, 0) is 14.3 Å². The van der Waals surface area contributed by atoms with E-state index >= 15 is 0 Å². The highest BCUT2D eigenvalue weighted by atomic mass is 16.5. The highest BCUT2D eigenvalue weighted by Crippen LogP contribution is 2.19. The third kappa shape index (κ3) is 35.4. The quantitative estimate of drug-likeness (QED) is 0.0553. The normalized spacial score (nSPS) is 12.0. The summed E-state index contributed by atoms with van der Waals surface area (Å²) < 4.78 is 5.98. The molecule has 44 heavy (non-hydrogen) atoms. The van der Waals surface area contributed by atoms with E-state index in [1.807, 2.05) is 0 Å². The minimum atomic E-state index is -0.685. The lowest BCUT2D eigenvalue weighted by atomic mass is 10.0. The number of hydrogen-bond donors (Lipinski definition) is 1.